The Balaban J connectivity index is 1.62. The average Bonchev–Trinajstić information content (AvgIpc) is 2.65. The zero-order valence-corrected chi connectivity index (χ0v) is 14.4. The molecule has 2 aromatic carbocycles. The molecule has 1 atom stereocenters. The van der Waals surface area contributed by atoms with E-state index >= 15 is 0 Å². The highest BCUT2D eigenvalue weighted by Crippen LogP contribution is 2.15. The summed E-state index contributed by atoms with van der Waals surface area (Å²) in [6.07, 6.45) is 0. The van der Waals surface area contributed by atoms with Gasteiger partial charge in [0.15, 0.2) is 0 Å². The number of carbonyl (C=O) groups excluding carboxylic acids is 3. The number of nitrogens with one attached hydrogen (secondary N) is 3. The van der Waals surface area contributed by atoms with Crippen LogP contribution in [-0.2, 0) is 4.79 Å². The first-order valence-corrected chi connectivity index (χ1v) is 8.36. The number of hydrogen-bond acceptors (Lipinski definition) is 3. The second-order valence-electron chi connectivity index (χ2n) is 5.99. The molecule has 1 heterocycles. The molecule has 3 rings (SSSR count). The summed E-state index contributed by atoms with van der Waals surface area (Å²) in [5.41, 5.74) is 1.73. The lowest BCUT2D eigenvalue weighted by Gasteiger charge is -2.32. The van der Waals surface area contributed by atoms with Gasteiger partial charge in [0.2, 0.25) is 5.91 Å². The van der Waals surface area contributed by atoms with Crippen LogP contribution in [0.4, 0.5) is 16.2 Å². The summed E-state index contributed by atoms with van der Waals surface area (Å²) in [6, 6.07) is 14.8. The van der Waals surface area contributed by atoms with Crippen LogP contribution in [0, 0.1) is 0 Å². The molecule has 1 unspecified atom stereocenters. The third-order valence-electron chi connectivity index (χ3n) is 4.18. The molecule has 0 aliphatic carbocycles. The summed E-state index contributed by atoms with van der Waals surface area (Å²) >= 11 is 0. The molecular weight excluding hydrogens is 332 g/mol. The molecule has 7 nitrogen and oxygen atoms in total. The van der Waals surface area contributed by atoms with Gasteiger partial charge in [-0.25, -0.2) is 4.79 Å². The van der Waals surface area contributed by atoms with E-state index < -0.39 is 6.04 Å². The van der Waals surface area contributed by atoms with Gasteiger partial charge in [-0.05, 0) is 43.3 Å². The van der Waals surface area contributed by atoms with E-state index in [-0.39, 0.29) is 17.8 Å². The van der Waals surface area contributed by atoms with Crippen LogP contribution in [0.25, 0.3) is 0 Å². The van der Waals surface area contributed by atoms with Gasteiger partial charge in [-0.3, -0.25) is 9.59 Å². The van der Waals surface area contributed by atoms with E-state index in [9.17, 15) is 14.4 Å². The number of para-hydroxylation sites is 1. The maximum Gasteiger partial charge on any atom is 0.323 e. The minimum absolute atomic E-state index is 0.152. The summed E-state index contributed by atoms with van der Waals surface area (Å²) in [5, 5.41) is 8.16. The predicted molar refractivity (Wildman–Crippen MR) is 99.0 cm³/mol. The molecule has 1 aliphatic rings. The topological polar surface area (TPSA) is 90.5 Å². The molecule has 0 aromatic heterocycles. The summed E-state index contributed by atoms with van der Waals surface area (Å²) in [6.45, 7) is 2.63. The predicted octanol–water partition coefficient (Wildman–Crippen LogP) is 2.29. The Bertz CT molecular complexity index is 805. The Hall–Kier alpha value is -3.35. The van der Waals surface area contributed by atoms with Crippen LogP contribution in [0.2, 0.25) is 0 Å². The number of piperazine rings is 1. The molecule has 1 saturated heterocycles. The molecular formula is C19H20N4O3. The Labute approximate surface area is 151 Å². The first kappa shape index (κ1) is 17.5. The van der Waals surface area contributed by atoms with E-state index in [0.717, 1.165) is 0 Å². The number of urea groups is 1. The van der Waals surface area contributed by atoms with E-state index in [1.165, 1.54) is 0 Å². The molecule has 26 heavy (non-hydrogen) atoms. The molecule has 1 fully saturated rings. The Morgan fingerprint density at radius 2 is 1.62 bits per heavy atom. The highest BCUT2D eigenvalue weighted by Gasteiger charge is 2.29. The molecule has 134 valence electrons. The van der Waals surface area contributed by atoms with Crippen LogP contribution in [-0.4, -0.2) is 41.9 Å². The number of anilines is 2. The van der Waals surface area contributed by atoms with Crippen molar-refractivity contribution in [1.29, 1.82) is 0 Å². The van der Waals surface area contributed by atoms with E-state index in [0.29, 0.717) is 30.0 Å². The zero-order valence-electron chi connectivity index (χ0n) is 14.4. The van der Waals surface area contributed by atoms with Crippen LogP contribution in [0.3, 0.4) is 0 Å². The van der Waals surface area contributed by atoms with Crippen molar-refractivity contribution in [1.82, 2.24) is 10.2 Å². The van der Waals surface area contributed by atoms with Crippen molar-refractivity contribution >= 4 is 29.2 Å². The Morgan fingerprint density at radius 3 is 2.27 bits per heavy atom. The highest BCUT2D eigenvalue weighted by molar-refractivity contribution is 6.01. The van der Waals surface area contributed by atoms with Crippen molar-refractivity contribution < 1.29 is 14.4 Å². The SMILES string of the molecule is CC1C(=O)NCCN1C(=O)c1ccc(NC(=O)Nc2ccccc2)cc1. The molecule has 2 aromatic rings. The quantitative estimate of drug-likeness (QED) is 0.792. The van der Waals surface area contributed by atoms with E-state index in [1.54, 1.807) is 48.2 Å². The summed E-state index contributed by atoms with van der Waals surface area (Å²) in [4.78, 5) is 37.8. The summed E-state index contributed by atoms with van der Waals surface area (Å²) in [5.74, 6) is -0.354. The molecule has 0 radical (unpaired) electrons. The maximum absolute atomic E-state index is 12.6. The summed E-state index contributed by atoms with van der Waals surface area (Å²) in [7, 11) is 0. The van der Waals surface area contributed by atoms with Gasteiger partial charge in [0.05, 0.1) is 0 Å². The fraction of sp³-hybridized carbons (Fsp3) is 0.211. The van der Waals surface area contributed by atoms with Crippen LogP contribution < -0.4 is 16.0 Å². The van der Waals surface area contributed by atoms with Crippen LogP contribution in [0.15, 0.2) is 54.6 Å². The van der Waals surface area contributed by atoms with Gasteiger partial charge >= 0.3 is 6.03 Å². The number of amides is 4. The number of nitrogens with zero attached hydrogens (tertiary/aromatic N) is 1. The maximum atomic E-state index is 12.6. The van der Waals surface area contributed by atoms with Crippen molar-refractivity contribution in [3.8, 4) is 0 Å². The van der Waals surface area contributed by atoms with Crippen molar-refractivity contribution in [2.75, 3.05) is 23.7 Å². The molecule has 1 aliphatic heterocycles. The van der Waals surface area contributed by atoms with Gasteiger partial charge < -0.3 is 20.9 Å². The van der Waals surface area contributed by atoms with Crippen molar-refractivity contribution in [3.63, 3.8) is 0 Å². The first-order valence-electron chi connectivity index (χ1n) is 8.36. The lowest BCUT2D eigenvalue weighted by molar-refractivity contribution is -0.127. The monoisotopic (exact) mass is 352 g/mol. The standard InChI is InChI=1S/C19H20N4O3/c1-13-17(24)20-11-12-23(13)18(25)14-7-9-16(10-8-14)22-19(26)21-15-5-3-2-4-6-15/h2-10,13H,11-12H2,1H3,(H,20,24)(H2,21,22,26). The van der Waals surface area contributed by atoms with E-state index in [4.69, 9.17) is 0 Å². The van der Waals surface area contributed by atoms with Crippen molar-refractivity contribution in [2.45, 2.75) is 13.0 Å². The molecule has 0 saturated carbocycles. The van der Waals surface area contributed by atoms with Gasteiger partial charge in [-0.2, -0.15) is 0 Å². The minimum Gasteiger partial charge on any atom is -0.353 e. The second-order valence-corrected chi connectivity index (χ2v) is 5.99. The van der Waals surface area contributed by atoms with Crippen molar-refractivity contribution in [2.24, 2.45) is 0 Å². The van der Waals surface area contributed by atoms with Crippen LogP contribution >= 0.6 is 0 Å². The summed E-state index contributed by atoms with van der Waals surface area (Å²) < 4.78 is 0. The molecule has 3 N–H and O–H groups in total. The normalized spacial score (nSPS) is 16.6. The van der Waals surface area contributed by atoms with Crippen molar-refractivity contribution in [3.05, 3.63) is 60.2 Å². The highest BCUT2D eigenvalue weighted by atomic mass is 16.2. The smallest absolute Gasteiger partial charge is 0.323 e. The van der Waals surface area contributed by atoms with Crippen LogP contribution in [0.1, 0.15) is 17.3 Å². The third kappa shape index (κ3) is 4.00. The molecule has 4 amide bonds. The number of benzene rings is 2. The molecule has 7 heteroatoms. The fourth-order valence-electron chi connectivity index (χ4n) is 2.74. The van der Waals surface area contributed by atoms with Gasteiger partial charge in [-0.15, -0.1) is 0 Å². The fourth-order valence-corrected chi connectivity index (χ4v) is 2.74. The van der Waals surface area contributed by atoms with Gasteiger partial charge in [0, 0.05) is 30.0 Å². The number of rotatable bonds is 3. The van der Waals surface area contributed by atoms with Gasteiger partial charge in [0.25, 0.3) is 5.91 Å². The second kappa shape index (κ2) is 7.69. The number of carbonyl (C=O) groups is 3. The largest absolute Gasteiger partial charge is 0.353 e. The Morgan fingerprint density at radius 1 is 1.00 bits per heavy atom. The van der Waals surface area contributed by atoms with E-state index in [2.05, 4.69) is 16.0 Å². The Kier molecular flexibility index (Phi) is 5.17. The molecule has 0 bridgehead atoms. The van der Waals surface area contributed by atoms with Gasteiger partial charge in [0.1, 0.15) is 6.04 Å². The first-order chi connectivity index (χ1) is 12.5. The third-order valence-corrected chi connectivity index (χ3v) is 4.18. The molecule has 0 spiro atoms. The van der Waals surface area contributed by atoms with Crippen LogP contribution in [0.5, 0.6) is 0 Å². The minimum atomic E-state index is -0.495. The lowest BCUT2D eigenvalue weighted by atomic mass is 10.1. The zero-order chi connectivity index (χ0) is 18.5. The number of hydrogen-bond donors (Lipinski definition) is 3. The van der Waals surface area contributed by atoms with E-state index in [1.807, 2.05) is 18.2 Å². The lowest BCUT2D eigenvalue weighted by Crippen LogP contribution is -2.55. The average molecular weight is 352 g/mol. The van der Waals surface area contributed by atoms with Gasteiger partial charge in [-0.1, -0.05) is 18.2 Å².